The molecule has 0 spiro atoms. The summed E-state index contributed by atoms with van der Waals surface area (Å²) < 4.78 is 12.2. The maximum Gasteiger partial charge on any atom is 0.319 e. The van der Waals surface area contributed by atoms with Gasteiger partial charge in [-0.05, 0) is 25.0 Å². The molecule has 26 heavy (non-hydrogen) atoms. The van der Waals surface area contributed by atoms with Crippen molar-refractivity contribution in [2.45, 2.75) is 31.2 Å². The number of imidazole rings is 1. The number of nitrogens with zero attached hydrogens (tertiary/aromatic N) is 4. The van der Waals surface area contributed by atoms with Gasteiger partial charge in [-0.2, -0.15) is 0 Å². The highest BCUT2D eigenvalue weighted by atomic mass is 16.4. The quantitative estimate of drug-likeness (QED) is 0.610. The Morgan fingerprint density at radius 1 is 1.12 bits per heavy atom. The molecule has 1 atom stereocenters. The summed E-state index contributed by atoms with van der Waals surface area (Å²) in [7, 11) is 0. The molecule has 4 aromatic rings. The first-order valence-corrected chi connectivity index (χ1v) is 8.97. The van der Waals surface area contributed by atoms with Crippen molar-refractivity contribution in [3.05, 3.63) is 59.7 Å². The molecule has 1 fully saturated rings. The van der Waals surface area contributed by atoms with E-state index in [4.69, 9.17) is 8.83 Å². The summed E-state index contributed by atoms with van der Waals surface area (Å²) in [6, 6.07) is 10.5. The van der Waals surface area contributed by atoms with Gasteiger partial charge in [-0.1, -0.05) is 23.3 Å². The van der Waals surface area contributed by atoms with Crippen LogP contribution >= 0.6 is 0 Å². The smallest absolute Gasteiger partial charge is 0.319 e. The van der Waals surface area contributed by atoms with E-state index < -0.39 is 0 Å². The first-order chi connectivity index (χ1) is 12.9. The number of hydrogen-bond donors (Lipinski definition) is 1. The van der Waals surface area contributed by atoms with Crippen molar-refractivity contribution in [1.82, 2.24) is 20.2 Å². The lowest BCUT2D eigenvalue weighted by molar-refractivity contribution is 0.435. The summed E-state index contributed by atoms with van der Waals surface area (Å²) in [4.78, 5) is 9.93. The molecule has 1 aliphatic heterocycles. The summed E-state index contributed by atoms with van der Waals surface area (Å²) >= 11 is 0. The Bertz CT molecular complexity index is 1060. The number of anilines is 1. The summed E-state index contributed by atoms with van der Waals surface area (Å²) in [5.74, 6) is 2.02. The van der Waals surface area contributed by atoms with E-state index in [2.05, 4.69) is 37.2 Å². The number of furan rings is 1. The summed E-state index contributed by atoms with van der Waals surface area (Å²) in [5, 5.41) is 9.65. The molecular formula is C19H17N5O2. The van der Waals surface area contributed by atoms with Crippen LogP contribution in [0.5, 0.6) is 0 Å². The highest BCUT2D eigenvalue weighted by Crippen LogP contribution is 2.42. The number of hydrogen-bond acceptors (Lipinski definition) is 6. The van der Waals surface area contributed by atoms with Crippen molar-refractivity contribution in [3.63, 3.8) is 0 Å². The van der Waals surface area contributed by atoms with Crippen LogP contribution in [0, 0.1) is 0 Å². The molecule has 0 saturated heterocycles. The molecule has 130 valence electrons. The van der Waals surface area contributed by atoms with Crippen LogP contribution in [-0.2, 0) is 6.42 Å². The van der Waals surface area contributed by atoms with Crippen molar-refractivity contribution >= 4 is 17.0 Å². The fourth-order valence-corrected chi connectivity index (χ4v) is 3.75. The number of H-pyrrole nitrogens is 1. The molecule has 2 aliphatic rings. The molecule has 0 radical (unpaired) electrons. The van der Waals surface area contributed by atoms with Gasteiger partial charge in [0, 0.05) is 30.0 Å². The van der Waals surface area contributed by atoms with E-state index in [1.54, 1.807) is 6.33 Å². The molecule has 1 N–H and O–H groups in total. The zero-order valence-electron chi connectivity index (χ0n) is 14.1. The van der Waals surface area contributed by atoms with Crippen LogP contribution in [0.3, 0.4) is 0 Å². The van der Waals surface area contributed by atoms with Crippen molar-refractivity contribution in [3.8, 4) is 0 Å². The minimum Gasteiger partial charge on any atom is -0.458 e. The van der Waals surface area contributed by atoms with E-state index in [9.17, 15) is 0 Å². The number of aromatic nitrogens is 4. The van der Waals surface area contributed by atoms with Crippen LogP contribution in [0.4, 0.5) is 6.01 Å². The van der Waals surface area contributed by atoms with Crippen LogP contribution < -0.4 is 4.90 Å². The van der Waals surface area contributed by atoms with Gasteiger partial charge in [0.25, 0.3) is 0 Å². The number of rotatable bonds is 3. The summed E-state index contributed by atoms with van der Waals surface area (Å²) in [6.07, 6.45) is 4.87. The maximum absolute atomic E-state index is 6.17. The number of nitrogens with one attached hydrogen (secondary N) is 1. The summed E-state index contributed by atoms with van der Waals surface area (Å²) in [6.45, 7) is 0.767. The number of fused-ring (bicyclic) bond motifs is 2. The van der Waals surface area contributed by atoms with Crippen molar-refractivity contribution in [1.29, 1.82) is 0 Å². The SMILES string of the molecule is c1ccc2oc(C3c4nc[nH]c4CCN3c3nnc(C4CC4)o3)cc2c1. The number of benzene rings is 1. The van der Waals surface area contributed by atoms with E-state index in [-0.39, 0.29) is 6.04 Å². The van der Waals surface area contributed by atoms with Crippen LogP contribution in [0.2, 0.25) is 0 Å². The standard InChI is InChI=1S/C19H17N5O2/c1-2-4-14-12(3-1)9-15(25-14)17-16-13(20-10-21-16)7-8-24(17)19-23-22-18(26-19)11-5-6-11/h1-4,9-11,17H,5-8H2,(H,20,21). The highest BCUT2D eigenvalue weighted by Gasteiger charge is 2.37. The molecular weight excluding hydrogens is 330 g/mol. The van der Waals surface area contributed by atoms with Gasteiger partial charge in [0.15, 0.2) is 0 Å². The third-order valence-corrected chi connectivity index (χ3v) is 5.24. The third-order valence-electron chi connectivity index (χ3n) is 5.24. The molecule has 7 nitrogen and oxygen atoms in total. The van der Waals surface area contributed by atoms with E-state index in [1.165, 1.54) is 0 Å². The van der Waals surface area contributed by atoms with Crippen LogP contribution in [0.25, 0.3) is 11.0 Å². The fourth-order valence-electron chi connectivity index (χ4n) is 3.75. The van der Waals surface area contributed by atoms with Crippen molar-refractivity contribution < 1.29 is 8.83 Å². The van der Waals surface area contributed by atoms with E-state index in [0.29, 0.717) is 11.9 Å². The molecule has 1 saturated carbocycles. The average molecular weight is 347 g/mol. The number of aromatic amines is 1. The second kappa shape index (κ2) is 5.20. The van der Waals surface area contributed by atoms with Crippen LogP contribution in [0.1, 0.15) is 47.8 Å². The Balaban J connectivity index is 1.48. The van der Waals surface area contributed by atoms with E-state index in [0.717, 1.165) is 59.8 Å². The lowest BCUT2D eigenvalue weighted by Gasteiger charge is -2.32. The Kier molecular flexibility index (Phi) is 2.83. The average Bonchev–Trinajstić information content (AvgIpc) is 3.10. The van der Waals surface area contributed by atoms with Gasteiger partial charge in [0.1, 0.15) is 17.4 Å². The van der Waals surface area contributed by atoms with Crippen molar-refractivity contribution in [2.24, 2.45) is 0 Å². The van der Waals surface area contributed by atoms with Gasteiger partial charge in [0.2, 0.25) is 5.89 Å². The second-order valence-corrected chi connectivity index (χ2v) is 7.00. The minimum atomic E-state index is -0.176. The highest BCUT2D eigenvalue weighted by molar-refractivity contribution is 5.78. The van der Waals surface area contributed by atoms with Crippen LogP contribution in [-0.4, -0.2) is 26.7 Å². The first-order valence-electron chi connectivity index (χ1n) is 8.97. The zero-order chi connectivity index (χ0) is 17.1. The molecule has 6 rings (SSSR count). The molecule has 7 heteroatoms. The van der Waals surface area contributed by atoms with E-state index >= 15 is 0 Å². The maximum atomic E-state index is 6.17. The molecule has 1 aliphatic carbocycles. The Morgan fingerprint density at radius 2 is 2.04 bits per heavy atom. The van der Waals surface area contributed by atoms with Gasteiger partial charge in [-0.3, -0.25) is 0 Å². The van der Waals surface area contributed by atoms with Gasteiger partial charge in [-0.25, -0.2) is 4.98 Å². The van der Waals surface area contributed by atoms with Gasteiger partial charge in [0.05, 0.1) is 12.0 Å². The third kappa shape index (κ3) is 2.09. The second-order valence-electron chi connectivity index (χ2n) is 7.00. The Labute approximate surface area is 149 Å². The zero-order valence-corrected chi connectivity index (χ0v) is 14.1. The van der Waals surface area contributed by atoms with Gasteiger partial charge in [-0.15, -0.1) is 5.10 Å². The molecule has 1 aromatic carbocycles. The molecule has 1 unspecified atom stereocenters. The first kappa shape index (κ1) is 14.1. The molecule has 3 aromatic heterocycles. The number of para-hydroxylation sites is 1. The fraction of sp³-hybridized carbons (Fsp3) is 0.316. The lowest BCUT2D eigenvalue weighted by Crippen LogP contribution is -2.36. The molecule has 4 heterocycles. The molecule has 0 bridgehead atoms. The lowest BCUT2D eigenvalue weighted by atomic mass is 10.0. The topological polar surface area (TPSA) is 84.0 Å². The Hall–Kier alpha value is -3.09. The minimum absolute atomic E-state index is 0.176. The monoisotopic (exact) mass is 347 g/mol. The molecule has 0 amide bonds. The van der Waals surface area contributed by atoms with Gasteiger partial charge >= 0.3 is 6.01 Å². The largest absolute Gasteiger partial charge is 0.458 e. The predicted octanol–water partition coefficient (Wildman–Crippen LogP) is 3.57. The van der Waals surface area contributed by atoms with E-state index in [1.807, 2.05) is 18.2 Å². The van der Waals surface area contributed by atoms with Gasteiger partial charge < -0.3 is 18.7 Å². The Morgan fingerprint density at radius 3 is 2.92 bits per heavy atom. The summed E-state index contributed by atoms with van der Waals surface area (Å²) in [5.41, 5.74) is 2.96. The normalized spacial score (nSPS) is 19.8. The van der Waals surface area contributed by atoms with Crippen LogP contribution in [0.15, 0.2) is 45.5 Å². The van der Waals surface area contributed by atoms with Crippen molar-refractivity contribution in [2.75, 3.05) is 11.4 Å². The predicted molar refractivity (Wildman–Crippen MR) is 94.0 cm³/mol.